The first-order valence-corrected chi connectivity index (χ1v) is 7.45. The van der Waals surface area contributed by atoms with Crippen molar-refractivity contribution in [1.82, 2.24) is 4.90 Å². The first-order valence-electron chi connectivity index (χ1n) is 6.57. The lowest BCUT2D eigenvalue weighted by atomic mass is 9.95. The number of morpholine rings is 1. The van der Waals surface area contributed by atoms with E-state index in [1.165, 1.54) is 10.4 Å². The first-order chi connectivity index (χ1) is 8.43. The number of hydrogen-bond donors (Lipinski definition) is 1. The number of nitrogens with two attached hydrogens (primary N) is 1. The fourth-order valence-electron chi connectivity index (χ4n) is 2.74. The summed E-state index contributed by atoms with van der Waals surface area (Å²) in [7, 11) is 0. The van der Waals surface area contributed by atoms with Crippen molar-refractivity contribution in [2.24, 2.45) is 5.73 Å². The van der Waals surface area contributed by atoms with Crippen molar-refractivity contribution < 1.29 is 4.74 Å². The van der Waals surface area contributed by atoms with E-state index in [0.717, 1.165) is 19.8 Å². The summed E-state index contributed by atoms with van der Waals surface area (Å²) in [6.45, 7) is 11.3. The standard InChI is InChI=1S/C14H24N2OS/c1-10-5-8-18-13(10)12(11(2)15)16-6-7-17-9-14(16,3)4/h5,8,11-12H,6-7,9,15H2,1-4H3. The van der Waals surface area contributed by atoms with E-state index >= 15 is 0 Å². The molecule has 1 saturated heterocycles. The number of thiophene rings is 1. The van der Waals surface area contributed by atoms with Crippen LogP contribution in [0.5, 0.6) is 0 Å². The summed E-state index contributed by atoms with van der Waals surface area (Å²) in [4.78, 5) is 3.92. The number of hydrogen-bond acceptors (Lipinski definition) is 4. The molecule has 1 aromatic heterocycles. The molecule has 2 N–H and O–H groups in total. The summed E-state index contributed by atoms with van der Waals surface area (Å²) >= 11 is 1.82. The van der Waals surface area contributed by atoms with Crippen LogP contribution in [0.1, 0.15) is 37.3 Å². The van der Waals surface area contributed by atoms with E-state index in [1.807, 2.05) is 11.3 Å². The maximum Gasteiger partial charge on any atom is 0.0645 e. The van der Waals surface area contributed by atoms with E-state index in [2.05, 4.69) is 44.0 Å². The van der Waals surface area contributed by atoms with Gasteiger partial charge in [0.05, 0.1) is 19.3 Å². The van der Waals surface area contributed by atoms with Gasteiger partial charge in [-0.15, -0.1) is 11.3 Å². The third-order valence-electron chi connectivity index (χ3n) is 3.71. The third-order valence-corrected chi connectivity index (χ3v) is 4.80. The van der Waals surface area contributed by atoms with E-state index in [-0.39, 0.29) is 11.6 Å². The van der Waals surface area contributed by atoms with Crippen LogP contribution in [-0.4, -0.2) is 36.2 Å². The highest BCUT2D eigenvalue weighted by atomic mass is 32.1. The molecule has 0 bridgehead atoms. The summed E-state index contributed by atoms with van der Waals surface area (Å²) in [6, 6.07) is 2.60. The minimum atomic E-state index is 0.0486. The maximum absolute atomic E-state index is 6.27. The first kappa shape index (κ1) is 14.0. The van der Waals surface area contributed by atoms with E-state index in [1.54, 1.807) is 0 Å². The fraction of sp³-hybridized carbons (Fsp3) is 0.714. The van der Waals surface area contributed by atoms with Crippen LogP contribution in [0.15, 0.2) is 11.4 Å². The zero-order valence-corrected chi connectivity index (χ0v) is 12.6. The van der Waals surface area contributed by atoms with Crippen LogP contribution >= 0.6 is 11.3 Å². The van der Waals surface area contributed by atoms with Crippen LogP contribution in [0.2, 0.25) is 0 Å². The Balaban J connectivity index is 2.33. The molecule has 0 amide bonds. The van der Waals surface area contributed by atoms with Crippen molar-refractivity contribution in [2.75, 3.05) is 19.8 Å². The molecule has 1 aromatic rings. The highest BCUT2D eigenvalue weighted by molar-refractivity contribution is 7.10. The lowest BCUT2D eigenvalue weighted by Gasteiger charge is -2.47. The van der Waals surface area contributed by atoms with E-state index in [4.69, 9.17) is 10.5 Å². The molecule has 102 valence electrons. The second kappa shape index (κ2) is 5.29. The molecule has 0 aromatic carbocycles. The predicted octanol–water partition coefficient (Wildman–Crippen LogP) is 2.56. The molecule has 0 saturated carbocycles. The van der Waals surface area contributed by atoms with Crippen LogP contribution in [0.4, 0.5) is 0 Å². The zero-order chi connectivity index (χ0) is 13.3. The predicted molar refractivity (Wildman–Crippen MR) is 77.1 cm³/mol. The van der Waals surface area contributed by atoms with Crippen molar-refractivity contribution >= 4 is 11.3 Å². The van der Waals surface area contributed by atoms with Crippen molar-refractivity contribution in [3.8, 4) is 0 Å². The van der Waals surface area contributed by atoms with Gasteiger partial charge in [0.15, 0.2) is 0 Å². The van der Waals surface area contributed by atoms with Gasteiger partial charge < -0.3 is 10.5 Å². The van der Waals surface area contributed by atoms with Gasteiger partial charge in [0.1, 0.15) is 0 Å². The van der Waals surface area contributed by atoms with Gasteiger partial charge >= 0.3 is 0 Å². The molecule has 2 atom stereocenters. The smallest absolute Gasteiger partial charge is 0.0645 e. The molecular formula is C14H24N2OS. The monoisotopic (exact) mass is 268 g/mol. The third kappa shape index (κ3) is 2.62. The Hall–Kier alpha value is -0.420. The normalized spacial score (nSPS) is 23.8. The fourth-order valence-corrected chi connectivity index (χ4v) is 3.89. The van der Waals surface area contributed by atoms with E-state index in [9.17, 15) is 0 Å². The van der Waals surface area contributed by atoms with Crippen LogP contribution in [0, 0.1) is 6.92 Å². The Morgan fingerprint density at radius 1 is 1.50 bits per heavy atom. The number of ether oxygens (including phenoxy) is 1. The topological polar surface area (TPSA) is 38.5 Å². The van der Waals surface area contributed by atoms with Gasteiger partial charge in [0.25, 0.3) is 0 Å². The average molecular weight is 268 g/mol. The average Bonchev–Trinajstić information content (AvgIpc) is 2.67. The molecule has 2 rings (SSSR count). The van der Waals surface area contributed by atoms with Gasteiger partial charge in [-0.05, 0) is 44.7 Å². The molecular weight excluding hydrogens is 244 g/mol. The molecule has 1 aliphatic rings. The number of aryl methyl sites for hydroxylation is 1. The molecule has 1 fully saturated rings. The second-order valence-electron chi connectivity index (χ2n) is 5.83. The Kier molecular flexibility index (Phi) is 4.11. The van der Waals surface area contributed by atoms with Gasteiger partial charge in [0.2, 0.25) is 0 Å². The Labute approximate surface area is 114 Å². The molecule has 0 aliphatic carbocycles. The van der Waals surface area contributed by atoms with Crippen molar-refractivity contribution in [3.63, 3.8) is 0 Å². The Morgan fingerprint density at radius 3 is 2.72 bits per heavy atom. The zero-order valence-electron chi connectivity index (χ0n) is 11.8. The van der Waals surface area contributed by atoms with Crippen molar-refractivity contribution in [2.45, 2.75) is 45.3 Å². The lowest BCUT2D eigenvalue weighted by Crippen LogP contribution is -2.57. The van der Waals surface area contributed by atoms with Gasteiger partial charge in [-0.2, -0.15) is 0 Å². The molecule has 18 heavy (non-hydrogen) atoms. The van der Waals surface area contributed by atoms with Crippen LogP contribution < -0.4 is 5.73 Å². The minimum Gasteiger partial charge on any atom is -0.378 e. The van der Waals surface area contributed by atoms with E-state index < -0.39 is 0 Å². The molecule has 1 aliphatic heterocycles. The van der Waals surface area contributed by atoms with Crippen LogP contribution in [0.25, 0.3) is 0 Å². The quantitative estimate of drug-likeness (QED) is 0.915. The Morgan fingerprint density at radius 2 is 2.22 bits per heavy atom. The Bertz CT molecular complexity index is 400. The highest BCUT2D eigenvalue weighted by Gasteiger charge is 2.38. The molecule has 2 unspecified atom stereocenters. The van der Waals surface area contributed by atoms with Crippen molar-refractivity contribution in [1.29, 1.82) is 0 Å². The van der Waals surface area contributed by atoms with Gasteiger partial charge in [-0.25, -0.2) is 0 Å². The van der Waals surface area contributed by atoms with Crippen LogP contribution in [-0.2, 0) is 4.74 Å². The van der Waals surface area contributed by atoms with Gasteiger partial charge in [0, 0.05) is 23.0 Å². The van der Waals surface area contributed by atoms with Crippen LogP contribution in [0.3, 0.4) is 0 Å². The summed E-state index contributed by atoms with van der Waals surface area (Å²) < 4.78 is 5.61. The molecule has 2 heterocycles. The minimum absolute atomic E-state index is 0.0486. The summed E-state index contributed by atoms with van der Waals surface area (Å²) in [6.07, 6.45) is 0. The summed E-state index contributed by atoms with van der Waals surface area (Å²) in [5.74, 6) is 0. The number of rotatable bonds is 3. The van der Waals surface area contributed by atoms with Gasteiger partial charge in [-0.3, -0.25) is 4.90 Å². The lowest BCUT2D eigenvalue weighted by molar-refractivity contribution is -0.0760. The van der Waals surface area contributed by atoms with Crippen molar-refractivity contribution in [3.05, 3.63) is 21.9 Å². The maximum atomic E-state index is 6.27. The van der Waals surface area contributed by atoms with Gasteiger partial charge in [-0.1, -0.05) is 0 Å². The SMILES string of the molecule is Cc1ccsc1C(C(C)N)N1CCOCC1(C)C. The number of nitrogens with zero attached hydrogens (tertiary/aromatic N) is 1. The summed E-state index contributed by atoms with van der Waals surface area (Å²) in [5, 5.41) is 2.16. The largest absolute Gasteiger partial charge is 0.378 e. The molecule has 3 nitrogen and oxygen atoms in total. The van der Waals surface area contributed by atoms with E-state index in [0.29, 0.717) is 6.04 Å². The molecule has 0 radical (unpaired) electrons. The summed E-state index contributed by atoms with van der Waals surface area (Å²) in [5.41, 5.74) is 7.67. The molecule has 4 heteroatoms. The highest BCUT2D eigenvalue weighted by Crippen LogP contribution is 2.36. The second-order valence-corrected chi connectivity index (χ2v) is 6.78. The molecule has 0 spiro atoms.